The highest BCUT2D eigenvalue weighted by Crippen LogP contribution is 2.12. The van der Waals surface area contributed by atoms with Crippen molar-refractivity contribution < 1.29 is 9.29 Å². The molecule has 2 aromatic rings. The number of halogens is 1. The summed E-state index contributed by atoms with van der Waals surface area (Å²) in [5, 5.41) is 0. The summed E-state index contributed by atoms with van der Waals surface area (Å²) in [5.74, 6) is -0.134. The van der Waals surface area contributed by atoms with Crippen LogP contribution in [0.3, 0.4) is 0 Å². The zero-order valence-electron chi connectivity index (χ0n) is 11.6. The van der Waals surface area contributed by atoms with Crippen LogP contribution in [0, 0.1) is 5.82 Å². The van der Waals surface area contributed by atoms with Gasteiger partial charge in [-0.2, -0.15) is 0 Å². The maximum absolute atomic E-state index is 13.2. The third-order valence-corrected chi connectivity index (χ3v) is 3.94. The van der Waals surface area contributed by atoms with Crippen LogP contribution in [0.4, 0.5) is 10.1 Å². The monoisotopic (exact) mass is 271 g/mol. The van der Waals surface area contributed by atoms with Crippen molar-refractivity contribution in [2.75, 3.05) is 31.1 Å². The van der Waals surface area contributed by atoms with E-state index in [1.54, 1.807) is 12.1 Å². The van der Waals surface area contributed by atoms with Gasteiger partial charge in [0.15, 0.2) is 0 Å². The van der Waals surface area contributed by atoms with Crippen molar-refractivity contribution in [2.45, 2.75) is 6.54 Å². The Morgan fingerprint density at radius 3 is 2.40 bits per heavy atom. The average molecular weight is 271 g/mol. The van der Waals surface area contributed by atoms with Gasteiger partial charge in [-0.1, -0.05) is 30.3 Å². The van der Waals surface area contributed by atoms with Gasteiger partial charge in [0.05, 0.1) is 26.2 Å². The van der Waals surface area contributed by atoms with Gasteiger partial charge < -0.3 is 9.80 Å². The van der Waals surface area contributed by atoms with Crippen molar-refractivity contribution >= 4 is 5.69 Å². The molecule has 0 unspecified atom stereocenters. The molecule has 3 heteroatoms. The number of anilines is 1. The molecule has 1 saturated heterocycles. The van der Waals surface area contributed by atoms with Crippen molar-refractivity contribution in [3.63, 3.8) is 0 Å². The summed E-state index contributed by atoms with van der Waals surface area (Å²) in [6, 6.07) is 17.5. The molecule has 1 heterocycles. The summed E-state index contributed by atoms with van der Waals surface area (Å²) in [7, 11) is 0. The molecule has 0 saturated carbocycles. The number of nitrogens with one attached hydrogen (secondary N) is 1. The Labute approximate surface area is 119 Å². The minimum absolute atomic E-state index is 0.134. The molecular formula is C17H20FN2+. The largest absolute Gasteiger partial charge is 0.360 e. The van der Waals surface area contributed by atoms with Crippen molar-refractivity contribution in [2.24, 2.45) is 0 Å². The van der Waals surface area contributed by atoms with Crippen LogP contribution < -0.4 is 9.80 Å². The lowest BCUT2D eigenvalue weighted by molar-refractivity contribution is -0.914. The van der Waals surface area contributed by atoms with E-state index in [0.717, 1.165) is 38.3 Å². The Balaban J connectivity index is 1.56. The molecular weight excluding hydrogens is 251 g/mol. The number of benzene rings is 2. The second-order valence-corrected chi connectivity index (χ2v) is 5.38. The quantitative estimate of drug-likeness (QED) is 0.893. The summed E-state index contributed by atoms with van der Waals surface area (Å²) >= 11 is 0. The highest BCUT2D eigenvalue weighted by Gasteiger charge is 2.20. The summed E-state index contributed by atoms with van der Waals surface area (Å²) in [5.41, 5.74) is 2.39. The Morgan fingerprint density at radius 1 is 0.950 bits per heavy atom. The normalized spacial score (nSPS) is 16.4. The van der Waals surface area contributed by atoms with Crippen molar-refractivity contribution in [1.29, 1.82) is 0 Å². The van der Waals surface area contributed by atoms with Crippen LogP contribution in [0.5, 0.6) is 0 Å². The van der Waals surface area contributed by atoms with Crippen LogP contribution >= 0.6 is 0 Å². The molecule has 0 aromatic heterocycles. The average Bonchev–Trinajstić information content (AvgIpc) is 2.49. The molecule has 1 aliphatic rings. The van der Waals surface area contributed by atoms with E-state index in [1.165, 1.54) is 16.7 Å². The molecule has 20 heavy (non-hydrogen) atoms. The fourth-order valence-corrected chi connectivity index (χ4v) is 2.83. The third kappa shape index (κ3) is 3.17. The van der Waals surface area contributed by atoms with Crippen LogP contribution in [-0.2, 0) is 6.54 Å². The molecule has 2 nitrogen and oxygen atoms in total. The van der Waals surface area contributed by atoms with Gasteiger partial charge in [-0.25, -0.2) is 4.39 Å². The maximum atomic E-state index is 13.2. The van der Waals surface area contributed by atoms with Crippen molar-refractivity contribution in [1.82, 2.24) is 0 Å². The number of hydrogen-bond acceptors (Lipinski definition) is 1. The first-order chi connectivity index (χ1) is 9.81. The van der Waals surface area contributed by atoms with Gasteiger partial charge in [-0.3, -0.25) is 0 Å². The van der Waals surface area contributed by atoms with E-state index in [-0.39, 0.29) is 5.82 Å². The second-order valence-electron chi connectivity index (χ2n) is 5.38. The highest BCUT2D eigenvalue weighted by atomic mass is 19.1. The Morgan fingerprint density at radius 2 is 1.70 bits per heavy atom. The summed E-state index contributed by atoms with van der Waals surface area (Å²) in [6.07, 6.45) is 0. The first-order valence-corrected chi connectivity index (χ1v) is 7.19. The summed E-state index contributed by atoms with van der Waals surface area (Å²) in [4.78, 5) is 3.96. The van der Waals surface area contributed by atoms with Crippen molar-refractivity contribution in [3.05, 3.63) is 66.0 Å². The fourth-order valence-electron chi connectivity index (χ4n) is 2.83. The van der Waals surface area contributed by atoms with Gasteiger partial charge in [-0.15, -0.1) is 0 Å². The van der Waals surface area contributed by atoms with Gasteiger partial charge in [0.2, 0.25) is 0 Å². The number of rotatable bonds is 3. The van der Waals surface area contributed by atoms with E-state index in [9.17, 15) is 4.39 Å². The smallest absolute Gasteiger partial charge is 0.123 e. The first kappa shape index (κ1) is 13.1. The van der Waals surface area contributed by atoms with E-state index in [4.69, 9.17) is 0 Å². The van der Waals surface area contributed by atoms with Crippen LogP contribution in [0.1, 0.15) is 5.56 Å². The highest BCUT2D eigenvalue weighted by molar-refractivity contribution is 5.46. The van der Waals surface area contributed by atoms with Gasteiger partial charge in [0.1, 0.15) is 12.4 Å². The standard InChI is InChI=1S/C17H19FN2/c18-16-6-4-5-15(13-16)14-19-9-11-20(12-10-19)17-7-2-1-3-8-17/h1-8,13H,9-12,14H2/p+1. The first-order valence-electron chi connectivity index (χ1n) is 7.19. The van der Waals surface area contributed by atoms with E-state index in [0.29, 0.717) is 0 Å². The summed E-state index contributed by atoms with van der Waals surface area (Å²) < 4.78 is 13.2. The molecule has 0 spiro atoms. The maximum Gasteiger partial charge on any atom is 0.123 e. The molecule has 2 aromatic carbocycles. The van der Waals surface area contributed by atoms with Gasteiger partial charge in [-0.05, 0) is 24.3 Å². The van der Waals surface area contributed by atoms with Crippen LogP contribution in [0.15, 0.2) is 54.6 Å². The minimum Gasteiger partial charge on any atom is -0.360 e. The predicted octanol–water partition coefficient (Wildman–Crippen LogP) is 1.73. The van der Waals surface area contributed by atoms with E-state index in [2.05, 4.69) is 35.2 Å². The molecule has 0 radical (unpaired) electrons. The molecule has 0 amide bonds. The zero-order chi connectivity index (χ0) is 13.8. The molecule has 1 N–H and O–H groups in total. The molecule has 0 aliphatic carbocycles. The fraction of sp³-hybridized carbons (Fsp3) is 0.294. The van der Waals surface area contributed by atoms with Crippen molar-refractivity contribution in [3.8, 4) is 0 Å². The zero-order valence-corrected chi connectivity index (χ0v) is 11.6. The molecule has 0 atom stereocenters. The number of nitrogens with zero attached hydrogens (tertiary/aromatic N) is 1. The van der Waals surface area contributed by atoms with Crippen LogP contribution in [-0.4, -0.2) is 26.2 Å². The van der Waals surface area contributed by atoms with Crippen LogP contribution in [0.2, 0.25) is 0 Å². The molecule has 3 rings (SSSR count). The lowest BCUT2D eigenvalue weighted by atomic mass is 10.2. The van der Waals surface area contributed by atoms with E-state index in [1.807, 2.05) is 6.07 Å². The molecule has 1 fully saturated rings. The lowest BCUT2D eigenvalue weighted by Gasteiger charge is -2.33. The lowest BCUT2D eigenvalue weighted by Crippen LogP contribution is -3.13. The number of piperazine rings is 1. The SMILES string of the molecule is Fc1cccc(C[NH+]2CCN(c3ccccc3)CC2)c1. The predicted molar refractivity (Wildman–Crippen MR) is 79.5 cm³/mol. The topological polar surface area (TPSA) is 7.68 Å². The number of hydrogen-bond donors (Lipinski definition) is 1. The molecule has 104 valence electrons. The minimum atomic E-state index is -0.134. The Hall–Kier alpha value is -1.87. The Kier molecular flexibility index (Phi) is 3.97. The van der Waals surface area contributed by atoms with Gasteiger partial charge in [0, 0.05) is 11.3 Å². The number of para-hydroxylation sites is 1. The molecule has 0 bridgehead atoms. The van der Waals surface area contributed by atoms with Gasteiger partial charge >= 0.3 is 0 Å². The Bertz CT molecular complexity index is 548. The summed E-state index contributed by atoms with van der Waals surface area (Å²) in [6.45, 7) is 5.25. The second kappa shape index (κ2) is 6.06. The molecule has 1 aliphatic heterocycles. The van der Waals surface area contributed by atoms with Crippen LogP contribution in [0.25, 0.3) is 0 Å². The number of quaternary nitrogens is 1. The third-order valence-electron chi connectivity index (χ3n) is 3.94. The van der Waals surface area contributed by atoms with E-state index >= 15 is 0 Å². The van der Waals surface area contributed by atoms with Gasteiger partial charge in [0.25, 0.3) is 0 Å². The van der Waals surface area contributed by atoms with E-state index < -0.39 is 0 Å².